The monoisotopic (exact) mass is 412 g/mol. The van der Waals surface area contributed by atoms with E-state index in [1.807, 2.05) is 24.3 Å². The standard InChI is InChI=1S/C20H14Cl2N4O2/c1-27-11-5-2-4-10(8-11)18-17-15(16-13(21)6-3-7-14(16)22)12(9-23)19(24)28-20(17)26-25-18/h2-8,15H,24H2,1H3,(H,25,26)/t15-/m0/s1. The summed E-state index contributed by atoms with van der Waals surface area (Å²) in [5, 5.41) is 17.8. The number of fused-ring (bicyclic) bond motifs is 1. The first kappa shape index (κ1) is 18.2. The molecule has 0 radical (unpaired) electrons. The fourth-order valence-corrected chi connectivity index (χ4v) is 3.93. The minimum absolute atomic E-state index is 0.0281. The van der Waals surface area contributed by atoms with Crippen LogP contribution < -0.4 is 15.2 Å². The van der Waals surface area contributed by atoms with Gasteiger partial charge in [0.1, 0.15) is 17.4 Å². The van der Waals surface area contributed by atoms with Gasteiger partial charge in [-0.1, -0.05) is 41.4 Å². The summed E-state index contributed by atoms with van der Waals surface area (Å²) in [7, 11) is 1.59. The van der Waals surface area contributed by atoms with Gasteiger partial charge >= 0.3 is 0 Å². The number of aromatic nitrogens is 2. The zero-order valence-electron chi connectivity index (χ0n) is 14.7. The first-order valence-corrected chi connectivity index (χ1v) is 9.05. The van der Waals surface area contributed by atoms with Crippen molar-refractivity contribution in [3.05, 3.63) is 75.1 Å². The van der Waals surface area contributed by atoms with Gasteiger partial charge in [-0.05, 0) is 24.3 Å². The van der Waals surface area contributed by atoms with Crippen molar-refractivity contribution in [3.63, 3.8) is 0 Å². The highest BCUT2D eigenvalue weighted by molar-refractivity contribution is 6.36. The van der Waals surface area contributed by atoms with Crippen LogP contribution >= 0.6 is 23.2 Å². The highest BCUT2D eigenvalue weighted by atomic mass is 35.5. The number of aromatic amines is 1. The second kappa shape index (κ2) is 7.12. The molecule has 3 N–H and O–H groups in total. The van der Waals surface area contributed by atoms with Crippen molar-refractivity contribution < 1.29 is 9.47 Å². The summed E-state index contributed by atoms with van der Waals surface area (Å²) in [6.45, 7) is 0. The molecule has 1 aromatic heterocycles. The van der Waals surface area contributed by atoms with Gasteiger partial charge < -0.3 is 15.2 Å². The van der Waals surface area contributed by atoms with Gasteiger partial charge in [0.15, 0.2) is 0 Å². The molecular weight excluding hydrogens is 399 g/mol. The van der Waals surface area contributed by atoms with Crippen molar-refractivity contribution >= 4 is 23.2 Å². The van der Waals surface area contributed by atoms with Crippen LogP contribution in [0.15, 0.2) is 53.9 Å². The number of hydrogen-bond donors (Lipinski definition) is 2. The Morgan fingerprint density at radius 3 is 2.57 bits per heavy atom. The summed E-state index contributed by atoms with van der Waals surface area (Å²) in [6, 6.07) is 14.8. The molecule has 0 saturated carbocycles. The van der Waals surface area contributed by atoms with Crippen molar-refractivity contribution in [3.8, 4) is 29.0 Å². The van der Waals surface area contributed by atoms with Gasteiger partial charge in [-0.25, -0.2) is 0 Å². The number of nitrogens with one attached hydrogen (secondary N) is 1. The predicted octanol–water partition coefficient (Wildman–Crippen LogP) is 4.61. The maximum Gasteiger partial charge on any atom is 0.244 e. The Bertz CT molecular complexity index is 1130. The second-order valence-electron chi connectivity index (χ2n) is 6.11. The van der Waals surface area contributed by atoms with Crippen LogP contribution in [-0.2, 0) is 0 Å². The number of H-pyrrole nitrogens is 1. The van der Waals surface area contributed by atoms with Crippen molar-refractivity contribution in [2.45, 2.75) is 5.92 Å². The number of allylic oxidation sites excluding steroid dienone is 1. The van der Waals surface area contributed by atoms with E-state index in [0.717, 1.165) is 5.56 Å². The van der Waals surface area contributed by atoms with E-state index >= 15 is 0 Å². The van der Waals surface area contributed by atoms with Crippen LogP contribution in [0, 0.1) is 11.3 Å². The molecule has 8 heteroatoms. The van der Waals surface area contributed by atoms with E-state index in [9.17, 15) is 5.26 Å². The molecule has 2 aromatic carbocycles. The molecular formula is C20H14Cl2N4O2. The SMILES string of the molecule is COc1cccc(-c2[nH]nc3c2[C@H](c2c(Cl)cccc2Cl)C(C#N)=C(N)O3)c1. The molecule has 6 nitrogen and oxygen atoms in total. The Labute approximate surface area is 171 Å². The highest BCUT2D eigenvalue weighted by Gasteiger charge is 2.37. The molecule has 2 heterocycles. The zero-order valence-corrected chi connectivity index (χ0v) is 16.2. The van der Waals surface area contributed by atoms with Gasteiger partial charge in [0.05, 0.1) is 24.3 Å². The van der Waals surface area contributed by atoms with E-state index < -0.39 is 5.92 Å². The predicted molar refractivity (Wildman–Crippen MR) is 106 cm³/mol. The van der Waals surface area contributed by atoms with Crippen LogP contribution in [0.2, 0.25) is 10.0 Å². The number of hydrogen-bond acceptors (Lipinski definition) is 5. The molecule has 0 bridgehead atoms. The van der Waals surface area contributed by atoms with Crippen LogP contribution in [0.4, 0.5) is 0 Å². The number of benzene rings is 2. The van der Waals surface area contributed by atoms with Crippen molar-refractivity contribution in [2.24, 2.45) is 5.73 Å². The Morgan fingerprint density at radius 2 is 1.89 bits per heavy atom. The molecule has 0 fully saturated rings. The molecule has 140 valence electrons. The molecule has 0 amide bonds. The molecule has 28 heavy (non-hydrogen) atoms. The number of nitrogens with two attached hydrogens (primary N) is 1. The van der Waals surface area contributed by atoms with Gasteiger partial charge in [0.25, 0.3) is 0 Å². The number of rotatable bonds is 3. The summed E-state index contributed by atoms with van der Waals surface area (Å²) in [6.07, 6.45) is 0. The molecule has 0 saturated heterocycles. The molecule has 0 aliphatic carbocycles. The largest absolute Gasteiger partial charge is 0.497 e. The zero-order chi connectivity index (χ0) is 19.8. The Balaban J connectivity index is 2.00. The van der Waals surface area contributed by atoms with Crippen molar-refractivity contribution in [1.82, 2.24) is 10.2 Å². The summed E-state index contributed by atoms with van der Waals surface area (Å²) in [5.74, 6) is 0.297. The lowest BCUT2D eigenvalue weighted by Gasteiger charge is -2.25. The molecule has 1 atom stereocenters. The van der Waals surface area contributed by atoms with Crippen LogP contribution in [0.1, 0.15) is 17.0 Å². The Kier molecular flexibility index (Phi) is 4.63. The average molecular weight is 413 g/mol. The van der Waals surface area contributed by atoms with Gasteiger partial charge in [0, 0.05) is 21.2 Å². The fraction of sp³-hybridized carbons (Fsp3) is 0.100. The van der Waals surface area contributed by atoms with Gasteiger partial charge in [-0.15, -0.1) is 5.10 Å². The lowest BCUT2D eigenvalue weighted by molar-refractivity contribution is 0.379. The smallest absolute Gasteiger partial charge is 0.244 e. The molecule has 3 aromatic rings. The lowest BCUT2D eigenvalue weighted by atomic mass is 9.83. The Hall–Kier alpha value is -3.14. The Morgan fingerprint density at radius 1 is 1.18 bits per heavy atom. The minimum atomic E-state index is -0.630. The van der Waals surface area contributed by atoms with E-state index in [2.05, 4.69) is 16.3 Å². The van der Waals surface area contributed by atoms with Gasteiger partial charge in [0.2, 0.25) is 11.8 Å². The number of halogens is 2. The first-order chi connectivity index (χ1) is 13.5. The summed E-state index contributed by atoms with van der Waals surface area (Å²) < 4.78 is 10.9. The third-order valence-corrected chi connectivity index (χ3v) is 5.24. The number of nitrogens with zero attached hydrogens (tertiary/aromatic N) is 2. The number of ether oxygens (including phenoxy) is 2. The van der Waals surface area contributed by atoms with Gasteiger partial charge in [-0.2, -0.15) is 5.26 Å². The third-order valence-electron chi connectivity index (χ3n) is 4.59. The molecule has 0 unspecified atom stereocenters. The minimum Gasteiger partial charge on any atom is -0.497 e. The van der Waals surface area contributed by atoms with Crippen molar-refractivity contribution in [2.75, 3.05) is 7.11 Å². The van der Waals surface area contributed by atoms with E-state index in [4.69, 9.17) is 38.4 Å². The second-order valence-corrected chi connectivity index (χ2v) is 6.92. The maximum absolute atomic E-state index is 9.78. The number of nitriles is 1. The number of methoxy groups -OCH3 is 1. The van der Waals surface area contributed by atoms with E-state index in [0.29, 0.717) is 32.6 Å². The van der Waals surface area contributed by atoms with E-state index in [1.165, 1.54) is 0 Å². The van der Waals surface area contributed by atoms with Crippen LogP contribution in [-0.4, -0.2) is 17.3 Å². The lowest BCUT2D eigenvalue weighted by Crippen LogP contribution is -2.21. The highest BCUT2D eigenvalue weighted by Crippen LogP contribution is 2.49. The molecule has 1 aliphatic heterocycles. The molecule has 4 rings (SSSR count). The summed E-state index contributed by atoms with van der Waals surface area (Å²) in [5.41, 5.74) is 8.89. The van der Waals surface area contributed by atoms with E-state index in [-0.39, 0.29) is 17.3 Å². The molecule has 0 spiro atoms. The maximum atomic E-state index is 9.78. The topological polar surface area (TPSA) is 97.0 Å². The average Bonchev–Trinajstić information content (AvgIpc) is 3.11. The summed E-state index contributed by atoms with van der Waals surface area (Å²) in [4.78, 5) is 0. The van der Waals surface area contributed by atoms with Crippen LogP contribution in [0.5, 0.6) is 11.6 Å². The van der Waals surface area contributed by atoms with E-state index in [1.54, 1.807) is 25.3 Å². The van der Waals surface area contributed by atoms with Crippen molar-refractivity contribution in [1.29, 1.82) is 5.26 Å². The first-order valence-electron chi connectivity index (χ1n) is 8.29. The third kappa shape index (κ3) is 2.85. The van der Waals surface area contributed by atoms with Crippen LogP contribution in [0.3, 0.4) is 0 Å². The normalized spacial score (nSPS) is 15.6. The quantitative estimate of drug-likeness (QED) is 0.654. The van der Waals surface area contributed by atoms with Crippen LogP contribution in [0.25, 0.3) is 11.3 Å². The fourth-order valence-electron chi connectivity index (χ4n) is 3.32. The summed E-state index contributed by atoms with van der Waals surface area (Å²) >= 11 is 12.9. The molecule has 1 aliphatic rings. The van der Waals surface area contributed by atoms with Gasteiger partial charge in [-0.3, -0.25) is 5.10 Å².